The average Bonchev–Trinajstić information content (AvgIpc) is 3.40. The van der Waals surface area contributed by atoms with Crippen LogP contribution in [0.15, 0.2) is 58.5 Å². The Labute approximate surface area is 206 Å². The van der Waals surface area contributed by atoms with Crippen LogP contribution in [0.4, 0.5) is 5.69 Å². The summed E-state index contributed by atoms with van der Waals surface area (Å²) in [4.78, 5) is 33.4. The summed E-state index contributed by atoms with van der Waals surface area (Å²) in [7, 11) is 0. The number of amides is 1. The van der Waals surface area contributed by atoms with Crippen molar-refractivity contribution in [3.8, 4) is 11.4 Å². The number of aryl methyl sites for hydroxylation is 3. The van der Waals surface area contributed by atoms with E-state index in [-0.39, 0.29) is 17.2 Å². The smallest absolute Gasteiger partial charge is 0.267 e. The lowest BCUT2D eigenvalue weighted by Crippen LogP contribution is -2.23. The zero-order valence-electron chi connectivity index (χ0n) is 19.1. The van der Waals surface area contributed by atoms with Gasteiger partial charge in [0.15, 0.2) is 5.16 Å². The van der Waals surface area contributed by atoms with E-state index >= 15 is 0 Å². The van der Waals surface area contributed by atoms with E-state index in [1.165, 1.54) is 16.6 Å². The highest BCUT2D eigenvalue weighted by molar-refractivity contribution is 7.99. The number of benzene rings is 2. The predicted molar refractivity (Wildman–Crippen MR) is 139 cm³/mol. The SMILES string of the molecule is CCOc1ccccc1NC(=O)CSc1nc2sc3c(c2c(=O)n1-c1cccc(C)c1)CCC3. The molecule has 34 heavy (non-hydrogen) atoms. The Morgan fingerprint density at radius 2 is 2.06 bits per heavy atom. The summed E-state index contributed by atoms with van der Waals surface area (Å²) in [6.45, 7) is 4.42. The molecule has 174 valence electrons. The Morgan fingerprint density at radius 1 is 1.21 bits per heavy atom. The van der Waals surface area contributed by atoms with Crippen LogP contribution in [0, 0.1) is 6.92 Å². The van der Waals surface area contributed by atoms with E-state index in [1.54, 1.807) is 15.9 Å². The number of carbonyl (C=O) groups excluding carboxylic acids is 1. The number of hydrogen-bond acceptors (Lipinski definition) is 6. The number of fused-ring (bicyclic) bond motifs is 3. The maximum Gasteiger partial charge on any atom is 0.267 e. The second-order valence-corrected chi connectivity index (χ2v) is 10.2. The minimum absolute atomic E-state index is 0.0559. The molecule has 5 rings (SSSR count). The summed E-state index contributed by atoms with van der Waals surface area (Å²) >= 11 is 2.88. The van der Waals surface area contributed by atoms with Gasteiger partial charge in [0.1, 0.15) is 10.6 Å². The van der Waals surface area contributed by atoms with Crippen molar-refractivity contribution < 1.29 is 9.53 Å². The quantitative estimate of drug-likeness (QED) is 0.278. The molecule has 6 nitrogen and oxygen atoms in total. The number of nitrogens with one attached hydrogen (secondary N) is 1. The van der Waals surface area contributed by atoms with Crippen molar-refractivity contribution in [3.63, 3.8) is 0 Å². The van der Waals surface area contributed by atoms with Crippen LogP contribution in [0.1, 0.15) is 29.3 Å². The number of aromatic nitrogens is 2. The van der Waals surface area contributed by atoms with Crippen molar-refractivity contribution >= 4 is 44.9 Å². The van der Waals surface area contributed by atoms with E-state index in [0.717, 1.165) is 46.3 Å². The monoisotopic (exact) mass is 491 g/mol. The molecule has 0 spiro atoms. The predicted octanol–water partition coefficient (Wildman–Crippen LogP) is 5.37. The van der Waals surface area contributed by atoms with E-state index in [9.17, 15) is 9.59 Å². The number of nitrogens with zero attached hydrogens (tertiary/aromatic N) is 2. The van der Waals surface area contributed by atoms with Crippen LogP contribution < -0.4 is 15.6 Å². The van der Waals surface area contributed by atoms with Crippen LogP contribution >= 0.6 is 23.1 Å². The molecule has 0 saturated heterocycles. The van der Waals surface area contributed by atoms with E-state index < -0.39 is 0 Å². The molecule has 2 aromatic heterocycles. The number of para-hydroxylation sites is 2. The zero-order valence-corrected chi connectivity index (χ0v) is 20.7. The summed E-state index contributed by atoms with van der Waals surface area (Å²) < 4.78 is 7.26. The number of carbonyl (C=O) groups is 1. The molecule has 0 aliphatic heterocycles. The molecule has 1 aliphatic carbocycles. The van der Waals surface area contributed by atoms with Crippen LogP contribution in [-0.2, 0) is 17.6 Å². The Morgan fingerprint density at radius 3 is 2.88 bits per heavy atom. The van der Waals surface area contributed by atoms with Crippen LogP contribution in [-0.4, -0.2) is 27.8 Å². The summed E-state index contributed by atoms with van der Waals surface area (Å²) in [6.07, 6.45) is 3.01. The molecule has 0 saturated carbocycles. The molecule has 1 N–H and O–H groups in total. The molecular weight excluding hydrogens is 466 g/mol. The number of hydrogen-bond donors (Lipinski definition) is 1. The van der Waals surface area contributed by atoms with E-state index in [1.807, 2.05) is 62.4 Å². The van der Waals surface area contributed by atoms with E-state index in [4.69, 9.17) is 9.72 Å². The third-order valence-corrected chi connectivity index (χ3v) is 7.89. The topological polar surface area (TPSA) is 73.2 Å². The zero-order chi connectivity index (χ0) is 23.7. The minimum Gasteiger partial charge on any atom is -0.492 e. The number of anilines is 1. The normalized spacial score (nSPS) is 12.6. The molecule has 1 aliphatic rings. The van der Waals surface area contributed by atoms with Gasteiger partial charge in [0.25, 0.3) is 5.56 Å². The Kier molecular flexibility index (Phi) is 6.43. The first-order valence-corrected chi connectivity index (χ1v) is 13.1. The second kappa shape index (κ2) is 9.64. The minimum atomic E-state index is -0.184. The van der Waals surface area contributed by atoms with Gasteiger partial charge in [0.05, 0.1) is 29.1 Å². The number of ether oxygens (including phenoxy) is 1. The van der Waals surface area contributed by atoms with Crippen LogP contribution in [0.5, 0.6) is 5.75 Å². The number of thiophene rings is 1. The average molecular weight is 492 g/mol. The molecular formula is C26H25N3O3S2. The van der Waals surface area contributed by atoms with Crippen LogP contribution in [0.3, 0.4) is 0 Å². The molecule has 0 atom stereocenters. The molecule has 0 unspecified atom stereocenters. The van der Waals surface area contributed by atoms with E-state index in [2.05, 4.69) is 5.32 Å². The highest BCUT2D eigenvalue weighted by Crippen LogP contribution is 2.36. The van der Waals surface area contributed by atoms with Crippen LogP contribution in [0.25, 0.3) is 15.9 Å². The summed E-state index contributed by atoms with van der Waals surface area (Å²) in [5.74, 6) is 0.568. The van der Waals surface area contributed by atoms with Gasteiger partial charge in [0, 0.05) is 4.88 Å². The van der Waals surface area contributed by atoms with Gasteiger partial charge in [-0.1, -0.05) is 36.0 Å². The van der Waals surface area contributed by atoms with Crippen molar-refractivity contribution in [3.05, 3.63) is 74.9 Å². The first-order valence-electron chi connectivity index (χ1n) is 11.3. The fraction of sp³-hybridized carbons (Fsp3) is 0.269. The van der Waals surface area contributed by atoms with Gasteiger partial charge < -0.3 is 10.1 Å². The highest BCUT2D eigenvalue weighted by atomic mass is 32.2. The standard InChI is InChI=1S/C26H25N3O3S2/c1-3-32-20-12-5-4-11-19(20)27-22(30)15-33-26-28-24-23(18-10-7-13-21(18)34-24)25(31)29(26)17-9-6-8-16(2)14-17/h4-6,8-9,11-12,14H,3,7,10,13,15H2,1-2H3,(H,27,30). The lowest BCUT2D eigenvalue weighted by Gasteiger charge is -2.14. The van der Waals surface area contributed by atoms with Crippen molar-refractivity contribution in [2.45, 2.75) is 38.3 Å². The number of rotatable bonds is 7. The fourth-order valence-electron chi connectivity index (χ4n) is 4.28. The first kappa shape index (κ1) is 22.7. The van der Waals surface area contributed by atoms with E-state index in [0.29, 0.717) is 23.2 Å². The molecule has 2 aromatic carbocycles. The van der Waals surface area contributed by atoms with Gasteiger partial charge >= 0.3 is 0 Å². The largest absolute Gasteiger partial charge is 0.492 e. The molecule has 0 radical (unpaired) electrons. The summed E-state index contributed by atoms with van der Waals surface area (Å²) in [6, 6.07) is 15.2. The van der Waals surface area contributed by atoms with Crippen LogP contribution in [0.2, 0.25) is 0 Å². The van der Waals surface area contributed by atoms with Gasteiger partial charge in [-0.05, 0) is 68.5 Å². The Hall–Kier alpha value is -3.10. The Balaban J connectivity index is 1.49. The van der Waals surface area contributed by atoms with Gasteiger partial charge in [-0.15, -0.1) is 11.3 Å². The van der Waals surface area contributed by atoms with Gasteiger partial charge in [0.2, 0.25) is 5.91 Å². The summed E-state index contributed by atoms with van der Waals surface area (Å²) in [5.41, 5.74) is 3.55. The fourth-order valence-corrected chi connectivity index (χ4v) is 6.40. The van der Waals surface area contributed by atoms with Crippen molar-refractivity contribution in [1.29, 1.82) is 0 Å². The maximum absolute atomic E-state index is 13.7. The van der Waals surface area contributed by atoms with Gasteiger partial charge in [-0.3, -0.25) is 14.2 Å². The maximum atomic E-state index is 13.7. The van der Waals surface area contributed by atoms with Crippen molar-refractivity contribution in [2.24, 2.45) is 0 Å². The summed E-state index contributed by atoms with van der Waals surface area (Å²) in [5, 5.41) is 4.18. The molecule has 0 fully saturated rings. The third-order valence-electron chi connectivity index (χ3n) is 5.76. The molecule has 0 bridgehead atoms. The lowest BCUT2D eigenvalue weighted by atomic mass is 10.2. The third kappa shape index (κ3) is 4.35. The second-order valence-electron chi connectivity index (χ2n) is 8.18. The first-order chi connectivity index (χ1) is 16.5. The van der Waals surface area contributed by atoms with Crippen molar-refractivity contribution in [2.75, 3.05) is 17.7 Å². The molecule has 2 heterocycles. The molecule has 8 heteroatoms. The lowest BCUT2D eigenvalue weighted by molar-refractivity contribution is -0.113. The van der Waals surface area contributed by atoms with Crippen molar-refractivity contribution in [1.82, 2.24) is 9.55 Å². The van der Waals surface area contributed by atoms with Gasteiger partial charge in [-0.2, -0.15) is 0 Å². The molecule has 4 aromatic rings. The number of thioether (sulfide) groups is 1. The molecule has 1 amide bonds. The van der Waals surface area contributed by atoms with Gasteiger partial charge in [-0.25, -0.2) is 4.98 Å². The highest BCUT2D eigenvalue weighted by Gasteiger charge is 2.24. The Bertz CT molecular complexity index is 1440.